The molecule has 0 fully saturated rings. The first-order valence-corrected chi connectivity index (χ1v) is 7.95. The van der Waals surface area contributed by atoms with Gasteiger partial charge in [-0.2, -0.15) is 0 Å². The second-order valence-corrected chi connectivity index (χ2v) is 6.91. The van der Waals surface area contributed by atoms with E-state index in [1.165, 1.54) is 18.2 Å². The molecule has 2 heterocycles. The number of amides is 1. The molecule has 3 rings (SSSR count). The molecule has 5 N–H and O–H groups in total. The van der Waals surface area contributed by atoms with Crippen molar-refractivity contribution in [2.45, 2.75) is 20.3 Å². The molecule has 0 atom stereocenters. The number of aromatic amines is 1. The normalized spacial score (nSPS) is 11.8. The fourth-order valence-corrected chi connectivity index (χ4v) is 2.75. The van der Waals surface area contributed by atoms with Gasteiger partial charge in [-0.3, -0.25) is 4.79 Å². The second-order valence-electron chi connectivity index (χ2n) is 6.51. The van der Waals surface area contributed by atoms with Gasteiger partial charge in [-0.05, 0) is 18.2 Å². The number of primary amides is 1. The van der Waals surface area contributed by atoms with Crippen LogP contribution in [0.2, 0.25) is 5.02 Å². The van der Waals surface area contributed by atoms with E-state index in [0.717, 1.165) is 0 Å². The molecular formula is C17H17ClFN5O. The number of benzene rings is 1. The van der Waals surface area contributed by atoms with Crippen LogP contribution in [0.1, 0.15) is 19.7 Å². The van der Waals surface area contributed by atoms with Crippen molar-refractivity contribution < 1.29 is 9.18 Å². The van der Waals surface area contributed by atoms with Crippen LogP contribution in [0.4, 0.5) is 10.1 Å². The molecule has 8 heteroatoms. The molecule has 0 aliphatic rings. The van der Waals surface area contributed by atoms with Gasteiger partial charge in [0.1, 0.15) is 17.3 Å². The van der Waals surface area contributed by atoms with Crippen LogP contribution in [0.15, 0.2) is 24.4 Å². The number of nitrogens with zero attached hydrogens (tertiary/aromatic N) is 2. The summed E-state index contributed by atoms with van der Waals surface area (Å²) in [4.78, 5) is 23.5. The fraction of sp³-hybridized carbons (Fsp3) is 0.235. The highest BCUT2D eigenvalue weighted by atomic mass is 35.5. The molecule has 3 aromatic rings. The van der Waals surface area contributed by atoms with Gasteiger partial charge in [-0.25, -0.2) is 14.4 Å². The standard InChI is InChI=1S/C17H17ClFN5O/c1-17(2,16(21)25)6-12-23-14(9-5-8(19)3-4-10(9)18)13-11(20)7-22-15(13)24-12/h3-5,7H,6,20H2,1-2H3,(H2,21,25)(H,22,23,24). The Balaban J connectivity index is 2.24. The molecule has 0 radical (unpaired) electrons. The largest absolute Gasteiger partial charge is 0.397 e. The van der Waals surface area contributed by atoms with E-state index in [-0.39, 0.29) is 6.42 Å². The summed E-state index contributed by atoms with van der Waals surface area (Å²) in [5, 5.41) is 0.884. The Kier molecular flexibility index (Phi) is 4.12. The smallest absolute Gasteiger partial charge is 0.223 e. The van der Waals surface area contributed by atoms with Crippen LogP contribution in [0.25, 0.3) is 22.3 Å². The van der Waals surface area contributed by atoms with Gasteiger partial charge in [0.05, 0.1) is 27.2 Å². The van der Waals surface area contributed by atoms with Crippen LogP contribution in [0.5, 0.6) is 0 Å². The Morgan fingerprint density at radius 1 is 1.36 bits per heavy atom. The first-order valence-electron chi connectivity index (χ1n) is 7.58. The Bertz CT molecular complexity index is 983. The Labute approximate surface area is 148 Å². The number of hydrogen-bond donors (Lipinski definition) is 3. The lowest BCUT2D eigenvalue weighted by Crippen LogP contribution is -2.34. The molecular weight excluding hydrogens is 345 g/mol. The summed E-state index contributed by atoms with van der Waals surface area (Å²) in [5.74, 6) is -0.528. The molecule has 0 saturated carbocycles. The van der Waals surface area contributed by atoms with Gasteiger partial charge >= 0.3 is 0 Å². The van der Waals surface area contributed by atoms with E-state index in [9.17, 15) is 9.18 Å². The molecule has 1 aromatic carbocycles. The molecule has 130 valence electrons. The van der Waals surface area contributed by atoms with Crippen LogP contribution in [0.3, 0.4) is 0 Å². The number of nitrogen functional groups attached to an aromatic ring is 1. The highest BCUT2D eigenvalue weighted by Gasteiger charge is 2.28. The minimum Gasteiger partial charge on any atom is -0.397 e. The lowest BCUT2D eigenvalue weighted by molar-refractivity contribution is -0.126. The van der Waals surface area contributed by atoms with E-state index in [0.29, 0.717) is 38.8 Å². The fourth-order valence-electron chi connectivity index (χ4n) is 2.54. The number of nitrogens with one attached hydrogen (secondary N) is 1. The van der Waals surface area contributed by atoms with Crippen molar-refractivity contribution in [3.05, 3.63) is 41.1 Å². The Hall–Kier alpha value is -2.67. The number of carbonyl (C=O) groups is 1. The van der Waals surface area contributed by atoms with Gasteiger partial charge in [0.25, 0.3) is 0 Å². The number of hydrogen-bond acceptors (Lipinski definition) is 4. The van der Waals surface area contributed by atoms with Gasteiger partial charge in [0.2, 0.25) is 5.91 Å². The predicted octanol–water partition coefficient (Wildman–Crippen LogP) is 3.05. The molecule has 0 aliphatic heterocycles. The molecule has 0 unspecified atom stereocenters. The quantitative estimate of drug-likeness (QED) is 0.663. The molecule has 0 bridgehead atoms. The number of aromatic nitrogens is 3. The lowest BCUT2D eigenvalue weighted by atomic mass is 9.88. The van der Waals surface area contributed by atoms with Crippen molar-refractivity contribution in [2.24, 2.45) is 11.1 Å². The maximum Gasteiger partial charge on any atom is 0.223 e. The molecule has 6 nitrogen and oxygen atoms in total. The van der Waals surface area contributed by atoms with E-state index in [4.69, 9.17) is 23.1 Å². The van der Waals surface area contributed by atoms with E-state index in [1.807, 2.05) is 0 Å². The predicted molar refractivity (Wildman–Crippen MR) is 95.4 cm³/mol. The summed E-state index contributed by atoms with van der Waals surface area (Å²) in [6.07, 6.45) is 1.80. The molecule has 0 spiro atoms. The number of rotatable bonds is 4. The van der Waals surface area contributed by atoms with E-state index >= 15 is 0 Å². The molecule has 0 saturated heterocycles. The minimum absolute atomic E-state index is 0.219. The van der Waals surface area contributed by atoms with Crippen LogP contribution in [0, 0.1) is 11.2 Å². The van der Waals surface area contributed by atoms with Crippen molar-refractivity contribution in [2.75, 3.05) is 5.73 Å². The average molecular weight is 362 g/mol. The van der Waals surface area contributed by atoms with Gasteiger partial charge in [0, 0.05) is 18.2 Å². The van der Waals surface area contributed by atoms with Crippen molar-refractivity contribution in [3.63, 3.8) is 0 Å². The minimum atomic E-state index is -0.838. The zero-order valence-corrected chi connectivity index (χ0v) is 14.5. The summed E-state index contributed by atoms with van der Waals surface area (Å²) < 4.78 is 13.7. The molecule has 25 heavy (non-hydrogen) atoms. The highest BCUT2D eigenvalue weighted by molar-refractivity contribution is 6.33. The molecule has 0 aliphatic carbocycles. The van der Waals surface area contributed by atoms with Crippen molar-refractivity contribution >= 4 is 34.2 Å². The zero-order chi connectivity index (χ0) is 18.4. The number of anilines is 1. The second kappa shape index (κ2) is 6.00. The monoisotopic (exact) mass is 361 g/mol. The number of fused-ring (bicyclic) bond motifs is 1. The summed E-state index contributed by atoms with van der Waals surface area (Å²) in [6.45, 7) is 3.42. The van der Waals surface area contributed by atoms with Crippen molar-refractivity contribution in [1.82, 2.24) is 15.0 Å². The SMILES string of the molecule is CC(C)(Cc1nc(-c2cc(F)ccc2Cl)c2c(N)c[nH]c2n1)C(N)=O. The maximum atomic E-state index is 13.7. The van der Waals surface area contributed by atoms with Crippen LogP contribution in [-0.2, 0) is 11.2 Å². The third-order valence-corrected chi connectivity index (χ3v) is 4.39. The van der Waals surface area contributed by atoms with E-state index in [1.54, 1.807) is 20.0 Å². The summed E-state index contributed by atoms with van der Waals surface area (Å²) >= 11 is 6.23. The average Bonchev–Trinajstić information content (AvgIpc) is 2.90. The highest BCUT2D eigenvalue weighted by Crippen LogP contribution is 2.35. The van der Waals surface area contributed by atoms with Gasteiger partial charge < -0.3 is 16.5 Å². The summed E-state index contributed by atoms with van der Waals surface area (Å²) in [7, 11) is 0. The number of H-pyrrole nitrogens is 1. The van der Waals surface area contributed by atoms with E-state index in [2.05, 4.69) is 15.0 Å². The first-order chi connectivity index (χ1) is 11.7. The van der Waals surface area contributed by atoms with Crippen LogP contribution in [-0.4, -0.2) is 20.9 Å². The number of nitrogens with two attached hydrogens (primary N) is 2. The molecule has 1 amide bonds. The maximum absolute atomic E-state index is 13.7. The van der Waals surface area contributed by atoms with Crippen LogP contribution >= 0.6 is 11.6 Å². The topological polar surface area (TPSA) is 111 Å². The lowest BCUT2D eigenvalue weighted by Gasteiger charge is -2.19. The van der Waals surface area contributed by atoms with Gasteiger partial charge in [-0.15, -0.1) is 0 Å². The van der Waals surface area contributed by atoms with Gasteiger partial charge in [0.15, 0.2) is 0 Å². The van der Waals surface area contributed by atoms with Crippen molar-refractivity contribution in [1.29, 1.82) is 0 Å². The third-order valence-electron chi connectivity index (χ3n) is 4.06. The Morgan fingerprint density at radius 3 is 2.76 bits per heavy atom. The van der Waals surface area contributed by atoms with Crippen molar-refractivity contribution in [3.8, 4) is 11.3 Å². The van der Waals surface area contributed by atoms with Gasteiger partial charge in [-0.1, -0.05) is 25.4 Å². The number of halogens is 2. The third kappa shape index (κ3) is 3.15. The molecule has 2 aromatic heterocycles. The summed E-state index contributed by atoms with van der Waals surface area (Å²) in [6, 6.07) is 4.01. The van der Waals surface area contributed by atoms with E-state index < -0.39 is 17.1 Å². The Morgan fingerprint density at radius 2 is 2.08 bits per heavy atom. The summed E-state index contributed by atoms with van der Waals surface area (Å²) in [5.41, 5.74) is 12.3. The zero-order valence-electron chi connectivity index (χ0n) is 13.7. The van der Waals surface area contributed by atoms with Crippen LogP contribution < -0.4 is 11.5 Å². The number of carbonyl (C=O) groups excluding carboxylic acids is 1. The first kappa shape index (κ1) is 17.2.